The van der Waals surface area contributed by atoms with Crippen LogP contribution in [0.3, 0.4) is 0 Å². The molecule has 0 aliphatic heterocycles. The summed E-state index contributed by atoms with van der Waals surface area (Å²) in [6, 6.07) is 33.9. The normalized spacial score (nSPS) is 10.9. The maximum atomic E-state index is 13.0. The number of carbonyl (C=O) groups excluding carboxylic acids is 1. The van der Waals surface area contributed by atoms with E-state index >= 15 is 0 Å². The van der Waals surface area contributed by atoms with Crippen LogP contribution in [0.5, 0.6) is 0 Å². The largest absolute Gasteiger partial charge is 0.349 e. The van der Waals surface area contributed by atoms with Crippen molar-refractivity contribution in [2.75, 3.05) is 4.90 Å². The molecule has 2 heterocycles. The number of rotatable bonds is 7. The summed E-state index contributed by atoms with van der Waals surface area (Å²) in [5, 5.41) is 0.973. The van der Waals surface area contributed by atoms with Crippen molar-refractivity contribution >= 4 is 22.5 Å². The van der Waals surface area contributed by atoms with Crippen LogP contribution in [-0.2, 0) is 13.1 Å². The Morgan fingerprint density at radius 1 is 0.750 bits per heavy atom. The van der Waals surface area contributed by atoms with Crippen LogP contribution in [0.2, 0.25) is 0 Å². The fraction of sp³-hybridized carbons (Fsp3) is 0.0714. The van der Waals surface area contributed by atoms with E-state index in [4.69, 9.17) is 4.98 Å². The number of aromatic amines is 1. The van der Waals surface area contributed by atoms with Crippen LogP contribution in [0.4, 0.5) is 5.82 Å². The average Bonchev–Trinajstić information content (AvgIpc) is 3.30. The van der Waals surface area contributed by atoms with Gasteiger partial charge in [0.15, 0.2) is 5.82 Å². The molecule has 0 amide bonds. The van der Waals surface area contributed by atoms with Crippen molar-refractivity contribution in [3.8, 4) is 0 Å². The van der Waals surface area contributed by atoms with E-state index in [2.05, 4.69) is 58.4 Å². The zero-order chi connectivity index (χ0) is 21.8. The van der Waals surface area contributed by atoms with Gasteiger partial charge in [-0.2, -0.15) is 0 Å². The molecule has 1 N–H and O–H groups in total. The van der Waals surface area contributed by atoms with E-state index < -0.39 is 0 Å². The third-order valence-corrected chi connectivity index (χ3v) is 5.54. The number of H-pyrrole nitrogens is 1. The van der Waals surface area contributed by atoms with Crippen LogP contribution in [-0.4, -0.2) is 15.8 Å². The van der Waals surface area contributed by atoms with E-state index in [1.54, 1.807) is 0 Å². The molecule has 4 heteroatoms. The molecule has 0 saturated heterocycles. The van der Waals surface area contributed by atoms with E-state index in [9.17, 15) is 4.79 Å². The number of nitrogens with zero attached hydrogens (tertiary/aromatic N) is 2. The van der Waals surface area contributed by atoms with Gasteiger partial charge in [0.25, 0.3) is 0 Å². The third-order valence-electron chi connectivity index (χ3n) is 5.54. The number of anilines is 1. The molecule has 3 aromatic carbocycles. The Kier molecular flexibility index (Phi) is 5.50. The van der Waals surface area contributed by atoms with E-state index in [0.29, 0.717) is 24.3 Å². The van der Waals surface area contributed by atoms with E-state index in [-0.39, 0.29) is 5.78 Å². The summed E-state index contributed by atoms with van der Waals surface area (Å²) in [4.78, 5) is 23.4. The molecule has 2 aromatic heterocycles. The van der Waals surface area contributed by atoms with Gasteiger partial charge < -0.3 is 9.88 Å². The van der Waals surface area contributed by atoms with Crippen molar-refractivity contribution in [1.29, 1.82) is 0 Å². The predicted octanol–water partition coefficient (Wildman–Crippen LogP) is 6.00. The number of hydrogen-bond acceptors (Lipinski definition) is 3. The van der Waals surface area contributed by atoms with Crippen LogP contribution in [0.1, 0.15) is 27.2 Å². The Morgan fingerprint density at radius 3 is 1.91 bits per heavy atom. The van der Waals surface area contributed by atoms with Gasteiger partial charge in [-0.3, -0.25) is 4.79 Å². The van der Waals surface area contributed by atoms with Gasteiger partial charge in [0.1, 0.15) is 0 Å². The molecule has 156 valence electrons. The number of carbonyl (C=O) groups is 1. The van der Waals surface area contributed by atoms with Crippen molar-refractivity contribution in [1.82, 2.24) is 9.97 Å². The lowest BCUT2D eigenvalue weighted by molar-refractivity contribution is 0.103. The van der Waals surface area contributed by atoms with Crippen molar-refractivity contribution in [3.05, 3.63) is 132 Å². The van der Waals surface area contributed by atoms with Gasteiger partial charge in [0.2, 0.25) is 5.78 Å². The SMILES string of the molecule is O=C(c1ccccc1)c1cc2ccnc(N(Cc3ccccc3)Cc3ccccc3)c2[nH]1. The number of ketones is 1. The first-order valence-corrected chi connectivity index (χ1v) is 10.7. The van der Waals surface area contributed by atoms with Crippen molar-refractivity contribution in [3.63, 3.8) is 0 Å². The molecule has 0 saturated carbocycles. The average molecular weight is 418 g/mol. The van der Waals surface area contributed by atoms with E-state index in [0.717, 1.165) is 16.7 Å². The number of nitrogens with one attached hydrogen (secondary N) is 1. The molecule has 0 fully saturated rings. The van der Waals surface area contributed by atoms with Gasteiger partial charge in [-0.05, 0) is 23.3 Å². The molecule has 0 radical (unpaired) electrons. The molecule has 0 bridgehead atoms. The minimum atomic E-state index is -0.0228. The van der Waals surface area contributed by atoms with Gasteiger partial charge in [-0.15, -0.1) is 0 Å². The molecule has 5 rings (SSSR count). The third kappa shape index (κ3) is 4.16. The summed E-state index contributed by atoms with van der Waals surface area (Å²) >= 11 is 0. The maximum Gasteiger partial charge on any atom is 0.209 e. The topological polar surface area (TPSA) is 49.0 Å². The minimum Gasteiger partial charge on any atom is -0.349 e. The first-order chi connectivity index (χ1) is 15.8. The van der Waals surface area contributed by atoms with Crippen molar-refractivity contribution in [2.24, 2.45) is 0 Å². The van der Waals surface area contributed by atoms with Crippen molar-refractivity contribution in [2.45, 2.75) is 13.1 Å². The Hall–Kier alpha value is -4.18. The van der Waals surface area contributed by atoms with Gasteiger partial charge in [0, 0.05) is 30.2 Å². The number of hydrogen-bond donors (Lipinski definition) is 1. The zero-order valence-corrected chi connectivity index (χ0v) is 17.6. The predicted molar refractivity (Wildman–Crippen MR) is 129 cm³/mol. The molecule has 0 unspecified atom stereocenters. The molecule has 0 spiro atoms. The number of fused-ring (bicyclic) bond motifs is 1. The highest BCUT2D eigenvalue weighted by molar-refractivity contribution is 6.10. The van der Waals surface area contributed by atoms with Gasteiger partial charge in [-0.1, -0.05) is 91.0 Å². The van der Waals surface area contributed by atoms with Crippen LogP contribution >= 0.6 is 0 Å². The summed E-state index contributed by atoms with van der Waals surface area (Å²) in [5.41, 5.74) is 4.52. The second kappa shape index (κ2) is 8.90. The highest BCUT2D eigenvalue weighted by Gasteiger charge is 2.18. The Bertz CT molecular complexity index is 1290. The maximum absolute atomic E-state index is 13.0. The molecule has 0 aliphatic carbocycles. The molecular weight excluding hydrogens is 394 g/mol. The standard InChI is InChI=1S/C28H23N3O/c32-27(23-14-8-3-9-15-23)25-18-24-16-17-29-28(26(24)30-25)31(19-21-10-4-1-5-11-21)20-22-12-6-2-7-13-22/h1-18,30H,19-20H2. The van der Waals surface area contributed by atoms with Crippen molar-refractivity contribution < 1.29 is 4.79 Å². The Balaban J connectivity index is 1.55. The van der Waals surface area contributed by atoms with Crippen LogP contribution in [0.25, 0.3) is 10.9 Å². The monoisotopic (exact) mass is 417 g/mol. The molecule has 5 aromatic rings. The quantitative estimate of drug-likeness (QED) is 0.330. The second-order valence-corrected chi connectivity index (χ2v) is 7.80. The minimum absolute atomic E-state index is 0.0228. The lowest BCUT2D eigenvalue weighted by atomic mass is 10.1. The van der Waals surface area contributed by atoms with E-state index in [1.807, 2.05) is 60.8 Å². The Labute approximate surface area is 187 Å². The number of benzene rings is 3. The second-order valence-electron chi connectivity index (χ2n) is 7.80. The first kappa shape index (κ1) is 19.8. The highest BCUT2D eigenvalue weighted by Crippen LogP contribution is 2.28. The fourth-order valence-corrected chi connectivity index (χ4v) is 3.96. The van der Waals surface area contributed by atoms with Gasteiger partial charge in [-0.25, -0.2) is 4.98 Å². The Morgan fingerprint density at radius 2 is 1.31 bits per heavy atom. The zero-order valence-electron chi connectivity index (χ0n) is 17.6. The lowest BCUT2D eigenvalue weighted by Crippen LogP contribution is -2.23. The summed E-state index contributed by atoms with van der Waals surface area (Å²) < 4.78 is 0. The van der Waals surface area contributed by atoms with Gasteiger partial charge >= 0.3 is 0 Å². The molecule has 0 atom stereocenters. The number of pyridine rings is 1. The summed E-state index contributed by atoms with van der Waals surface area (Å²) in [7, 11) is 0. The van der Waals surface area contributed by atoms with Crippen LogP contribution < -0.4 is 4.90 Å². The van der Waals surface area contributed by atoms with Crippen LogP contribution in [0.15, 0.2) is 109 Å². The molecule has 4 nitrogen and oxygen atoms in total. The molecular formula is C28H23N3O. The smallest absolute Gasteiger partial charge is 0.209 e. The van der Waals surface area contributed by atoms with Gasteiger partial charge in [0.05, 0.1) is 11.2 Å². The van der Waals surface area contributed by atoms with E-state index in [1.165, 1.54) is 11.1 Å². The first-order valence-electron chi connectivity index (χ1n) is 10.7. The molecule has 32 heavy (non-hydrogen) atoms. The number of aromatic nitrogens is 2. The van der Waals surface area contributed by atoms with Crippen LogP contribution in [0, 0.1) is 0 Å². The highest BCUT2D eigenvalue weighted by atomic mass is 16.1. The summed E-state index contributed by atoms with van der Waals surface area (Å²) in [6.07, 6.45) is 1.81. The fourth-order valence-electron chi connectivity index (χ4n) is 3.96. The summed E-state index contributed by atoms with van der Waals surface area (Å²) in [6.45, 7) is 1.42. The summed E-state index contributed by atoms with van der Waals surface area (Å²) in [5.74, 6) is 0.813. The lowest BCUT2D eigenvalue weighted by Gasteiger charge is -2.24. The molecule has 0 aliphatic rings.